The Balaban J connectivity index is 2.00. The molecular formula is C13H14BrN3. The molecule has 0 saturated heterocycles. The van der Waals surface area contributed by atoms with Crippen molar-refractivity contribution in [2.75, 3.05) is 5.32 Å². The van der Waals surface area contributed by atoms with Crippen molar-refractivity contribution < 1.29 is 0 Å². The first kappa shape index (κ1) is 12.1. The summed E-state index contributed by atoms with van der Waals surface area (Å²) in [6.07, 6.45) is 1.82. The van der Waals surface area contributed by atoms with E-state index in [1.807, 2.05) is 42.6 Å². The molecular weight excluding hydrogens is 278 g/mol. The van der Waals surface area contributed by atoms with Crippen LogP contribution >= 0.6 is 15.9 Å². The lowest BCUT2D eigenvalue weighted by Crippen LogP contribution is -2.03. The molecule has 0 atom stereocenters. The molecule has 3 N–H and O–H groups in total. The first-order chi connectivity index (χ1) is 8.29. The van der Waals surface area contributed by atoms with Gasteiger partial charge in [-0.15, -0.1) is 0 Å². The van der Waals surface area contributed by atoms with Gasteiger partial charge in [0.05, 0.1) is 12.2 Å². The molecule has 0 amide bonds. The van der Waals surface area contributed by atoms with Gasteiger partial charge in [0.25, 0.3) is 0 Å². The first-order valence-electron chi connectivity index (χ1n) is 5.42. The number of nitrogens with one attached hydrogen (secondary N) is 1. The van der Waals surface area contributed by atoms with Gasteiger partial charge in [-0.3, -0.25) is 4.98 Å². The number of anilines is 1. The number of rotatable bonds is 4. The standard InChI is InChI=1S/C13H14BrN3/c14-12-3-1-2-4-13(12)17-9-11-6-5-10(7-15)8-16-11/h1-6,8,17H,7,9,15H2. The molecule has 1 aromatic heterocycles. The van der Waals surface area contributed by atoms with Gasteiger partial charge in [0.15, 0.2) is 0 Å². The summed E-state index contributed by atoms with van der Waals surface area (Å²) in [5, 5.41) is 3.33. The lowest BCUT2D eigenvalue weighted by atomic mass is 10.2. The summed E-state index contributed by atoms with van der Waals surface area (Å²) in [5.74, 6) is 0. The van der Waals surface area contributed by atoms with E-state index in [0.717, 1.165) is 21.4 Å². The second kappa shape index (κ2) is 5.80. The maximum atomic E-state index is 5.52. The summed E-state index contributed by atoms with van der Waals surface area (Å²) < 4.78 is 1.05. The molecule has 0 aliphatic rings. The highest BCUT2D eigenvalue weighted by Crippen LogP contribution is 2.21. The Bertz CT molecular complexity index is 482. The van der Waals surface area contributed by atoms with E-state index in [-0.39, 0.29) is 0 Å². The molecule has 0 aliphatic heterocycles. The SMILES string of the molecule is NCc1ccc(CNc2ccccc2Br)nc1. The molecule has 2 aromatic rings. The number of hydrogen-bond donors (Lipinski definition) is 2. The summed E-state index contributed by atoms with van der Waals surface area (Å²) in [5.41, 5.74) is 8.64. The number of hydrogen-bond acceptors (Lipinski definition) is 3. The van der Waals surface area contributed by atoms with Crippen LogP contribution in [0, 0.1) is 0 Å². The van der Waals surface area contributed by atoms with E-state index in [9.17, 15) is 0 Å². The summed E-state index contributed by atoms with van der Waals surface area (Å²) in [7, 11) is 0. The van der Waals surface area contributed by atoms with Gasteiger partial charge in [-0.2, -0.15) is 0 Å². The highest BCUT2D eigenvalue weighted by Gasteiger charge is 1.99. The van der Waals surface area contributed by atoms with Gasteiger partial charge in [-0.25, -0.2) is 0 Å². The fraction of sp³-hybridized carbons (Fsp3) is 0.154. The van der Waals surface area contributed by atoms with Crippen LogP contribution in [-0.2, 0) is 13.1 Å². The number of aromatic nitrogens is 1. The van der Waals surface area contributed by atoms with Gasteiger partial charge in [0.1, 0.15) is 0 Å². The van der Waals surface area contributed by atoms with Crippen molar-refractivity contribution in [2.24, 2.45) is 5.73 Å². The first-order valence-corrected chi connectivity index (χ1v) is 6.21. The molecule has 0 aliphatic carbocycles. The molecule has 3 nitrogen and oxygen atoms in total. The fourth-order valence-electron chi connectivity index (χ4n) is 1.47. The molecule has 0 spiro atoms. The van der Waals surface area contributed by atoms with Crippen LogP contribution in [-0.4, -0.2) is 4.98 Å². The maximum absolute atomic E-state index is 5.52. The third kappa shape index (κ3) is 3.28. The number of para-hydroxylation sites is 1. The number of nitrogens with zero attached hydrogens (tertiary/aromatic N) is 1. The quantitative estimate of drug-likeness (QED) is 0.911. The third-order valence-electron chi connectivity index (χ3n) is 2.46. The minimum Gasteiger partial charge on any atom is -0.378 e. The van der Waals surface area contributed by atoms with E-state index in [0.29, 0.717) is 13.1 Å². The lowest BCUT2D eigenvalue weighted by molar-refractivity contribution is 0.994. The molecule has 4 heteroatoms. The highest BCUT2D eigenvalue weighted by molar-refractivity contribution is 9.10. The van der Waals surface area contributed by atoms with E-state index >= 15 is 0 Å². The molecule has 0 radical (unpaired) electrons. The van der Waals surface area contributed by atoms with Crippen molar-refractivity contribution in [3.8, 4) is 0 Å². The topological polar surface area (TPSA) is 50.9 Å². The fourth-order valence-corrected chi connectivity index (χ4v) is 1.90. The van der Waals surface area contributed by atoms with Crippen molar-refractivity contribution in [2.45, 2.75) is 13.1 Å². The van der Waals surface area contributed by atoms with E-state index in [1.54, 1.807) is 0 Å². The van der Waals surface area contributed by atoms with E-state index in [1.165, 1.54) is 0 Å². The van der Waals surface area contributed by atoms with Crippen molar-refractivity contribution in [3.63, 3.8) is 0 Å². The van der Waals surface area contributed by atoms with E-state index in [4.69, 9.17) is 5.73 Å². The van der Waals surface area contributed by atoms with Crippen LogP contribution in [0.4, 0.5) is 5.69 Å². The Labute approximate surface area is 109 Å². The van der Waals surface area contributed by atoms with Gasteiger partial charge in [-0.1, -0.05) is 18.2 Å². The van der Waals surface area contributed by atoms with Crippen molar-refractivity contribution in [1.29, 1.82) is 0 Å². The van der Waals surface area contributed by atoms with Crippen LogP contribution in [0.2, 0.25) is 0 Å². The minimum atomic E-state index is 0.533. The third-order valence-corrected chi connectivity index (χ3v) is 3.15. The monoisotopic (exact) mass is 291 g/mol. The Morgan fingerprint density at radius 3 is 2.65 bits per heavy atom. The predicted molar refractivity (Wildman–Crippen MR) is 73.6 cm³/mol. The molecule has 2 rings (SSSR count). The van der Waals surface area contributed by atoms with E-state index in [2.05, 4.69) is 26.2 Å². The van der Waals surface area contributed by atoms with Crippen LogP contribution in [0.3, 0.4) is 0 Å². The smallest absolute Gasteiger partial charge is 0.0594 e. The van der Waals surface area contributed by atoms with Crippen LogP contribution in [0.25, 0.3) is 0 Å². The molecule has 0 unspecified atom stereocenters. The van der Waals surface area contributed by atoms with Crippen LogP contribution in [0.15, 0.2) is 47.1 Å². The van der Waals surface area contributed by atoms with Gasteiger partial charge in [0, 0.05) is 22.9 Å². The Morgan fingerprint density at radius 1 is 1.18 bits per heavy atom. The van der Waals surface area contributed by atoms with Gasteiger partial charge in [0.2, 0.25) is 0 Å². The van der Waals surface area contributed by atoms with Crippen molar-refractivity contribution >= 4 is 21.6 Å². The number of nitrogens with two attached hydrogens (primary N) is 1. The molecule has 17 heavy (non-hydrogen) atoms. The molecule has 0 fully saturated rings. The summed E-state index contributed by atoms with van der Waals surface area (Å²) >= 11 is 3.49. The van der Waals surface area contributed by atoms with Gasteiger partial charge in [-0.05, 0) is 39.7 Å². The Kier molecular flexibility index (Phi) is 4.12. The van der Waals surface area contributed by atoms with Crippen LogP contribution in [0.5, 0.6) is 0 Å². The average molecular weight is 292 g/mol. The average Bonchev–Trinajstić information content (AvgIpc) is 2.38. The zero-order chi connectivity index (χ0) is 12.1. The van der Waals surface area contributed by atoms with Crippen molar-refractivity contribution in [1.82, 2.24) is 4.98 Å². The van der Waals surface area contributed by atoms with Crippen molar-refractivity contribution in [3.05, 3.63) is 58.3 Å². The summed E-state index contributed by atoms with van der Waals surface area (Å²) in [4.78, 5) is 4.34. The highest BCUT2D eigenvalue weighted by atomic mass is 79.9. The maximum Gasteiger partial charge on any atom is 0.0594 e. The Morgan fingerprint density at radius 2 is 2.00 bits per heavy atom. The van der Waals surface area contributed by atoms with Crippen LogP contribution < -0.4 is 11.1 Å². The van der Waals surface area contributed by atoms with Gasteiger partial charge >= 0.3 is 0 Å². The lowest BCUT2D eigenvalue weighted by Gasteiger charge is -2.08. The second-order valence-electron chi connectivity index (χ2n) is 3.70. The number of halogens is 1. The zero-order valence-electron chi connectivity index (χ0n) is 9.36. The zero-order valence-corrected chi connectivity index (χ0v) is 10.9. The molecule has 0 bridgehead atoms. The normalized spacial score (nSPS) is 10.2. The molecule has 0 saturated carbocycles. The van der Waals surface area contributed by atoms with E-state index < -0.39 is 0 Å². The second-order valence-corrected chi connectivity index (χ2v) is 4.55. The number of pyridine rings is 1. The molecule has 1 heterocycles. The predicted octanol–water partition coefficient (Wildman–Crippen LogP) is 2.91. The van der Waals surface area contributed by atoms with Gasteiger partial charge < -0.3 is 11.1 Å². The van der Waals surface area contributed by atoms with Crippen LogP contribution in [0.1, 0.15) is 11.3 Å². The largest absolute Gasteiger partial charge is 0.378 e. The number of benzene rings is 1. The summed E-state index contributed by atoms with van der Waals surface area (Å²) in [6, 6.07) is 12.0. The summed E-state index contributed by atoms with van der Waals surface area (Å²) in [6.45, 7) is 1.23. The Hall–Kier alpha value is -1.39. The molecule has 88 valence electrons. The minimum absolute atomic E-state index is 0.533. The molecule has 1 aromatic carbocycles.